The van der Waals surface area contributed by atoms with Crippen LogP contribution in [0.15, 0.2) is 0 Å². The van der Waals surface area contributed by atoms with Crippen molar-refractivity contribution in [3.8, 4) is 0 Å². The van der Waals surface area contributed by atoms with Crippen molar-refractivity contribution >= 4 is 28.2 Å². The van der Waals surface area contributed by atoms with E-state index in [1.165, 1.54) is 16.2 Å². The van der Waals surface area contributed by atoms with E-state index in [-0.39, 0.29) is 17.5 Å². The molecule has 0 bridgehead atoms. The van der Waals surface area contributed by atoms with Gasteiger partial charge in [0.25, 0.3) is 5.91 Å². The highest BCUT2D eigenvalue weighted by atomic mass is 32.1. The third kappa shape index (κ3) is 4.43. The fourth-order valence-corrected chi connectivity index (χ4v) is 4.43. The Kier molecular flexibility index (Phi) is 5.96. The van der Waals surface area contributed by atoms with Gasteiger partial charge in [-0.25, -0.2) is 4.79 Å². The molecule has 0 unspecified atom stereocenters. The molecule has 7 nitrogen and oxygen atoms in total. The van der Waals surface area contributed by atoms with Crippen LogP contribution >= 0.6 is 11.3 Å². The van der Waals surface area contributed by atoms with Crippen molar-refractivity contribution in [1.82, 2.24) is 0 Å². The number of amides is 1. The number of fused-ring (bicyclic) bond motifs is 1. The lowest BCUT2D eigenvalue weighted by atomic mass is 9.93. The van der Waals surface area contributed by atoms with Gasteiger partial charge in [0.2, 0.25) is 0 Å². The van der Waals surface area contributed by atoms with Gasteiger partial charge in [-0.05, 0) is 26.3 Å². The molecule has 0 atom stereocenters. The maximum absolute atomic E-state index is 12.6. The van der Waals surface area contributed by atoms with Crippen molar-refractivity contribution in [3.63, 3.8) is 0 Å². The molecule has 144 valence electrons. The third-order valence-electron chi connectivity index (χ3n) is 4.63. The number of anilines is 1. The molecule has 1 fully saturated rings. The Balaban J connectivity index is 1.80. The minimum Gasteiger partial charge on any atom is -0.462 e. The molecule has 0 spiro atoms. The zero-order valence-electron chi connectivity index (χ0n) is 15.6. The maximum Gasteiger partial charge on any atom is 0.341 e. The van der Waals surface area contributed by atoms with Gasteiger partial charge in [-0.2, -0.15) is 0 Å². The Labute approximate surface area is 157 Å². The summed E-state index contributed by atoms with van der Waals surface area (Å²) >= 11 is 1.42. The zero-order chi connectivity index (χ0) is 18.7. The highest BCUT2D eigenvalue weighted by Gasteiger charge is 2.34. The normalized spacial score (nSPS) is 19.7. The Morgan fingerprint density at radius 2 is 2.04 bits per heavy atom. The number of ether oxygens (including phenoxy) is 3. The molecule has 2 aliphatic heterocycles. The molecule has 2 aliphatic rings. The summed E-state index contributed by atoms with van der Waals surface area (Å²) in [5.41, 5.74) is 1.10. The van der Waals surface area contributed by atoms with Crippen molar-refractivity contribution in [2.45, 2.75) is 39.4 Å². The number of esters is 1. The van der Waals surface area contributed by atoms with Crippen LogP contribution in [-0.4, -0.2) is 56.9 Å². The summed E-state index contributed by atoms with van der Waals surface area (Å²) in [6.45, 7) is 9.90. The van der Waals surface area contributed by atoms with E-state index >= 15 is 0 Å². The Morgan fingerprint density at radius 1 is 1.31 bits per heavy atom. The van der Waals surface area contributed by atoms with Crippen LogP contribution in [-0.2, 0) is 32.0 Å². The molecule has 0 aliphatic carbocycles. The predicted molar refractivity (Wildman–Crippen MR) is 97.9 cm³/mol. The topological polar surface area (TPSA) is 78.3 Å². The van der Waals surface area contributed by atoms with Crippen molar-refractivity contribution in [1.29, 1.82) is 0 Å². The van der Waals surface area contributed by atoms with Gasteiger partial charge in [-0.3, -0.25) is 4.79 Å². The monoisotopic (exact) mass is 383 g/mol. The first-order valence-corrected chi connectivity index (χ1v) is 9.88. The Hall–Kier alpha value is -1.48. The second-order valence-corrected chi connectivity index (χ2v) is 8.35. The molecule has 1 amide bonds. The molecule has 1 aromatic rings. The highest BCUT2D eigenvalue weighted by Crippen LogP contribution is 2.40. The van der Waals surface area contributed by atoms with E-state index in [0.717, 1.165) is 23.5 Å². The number of thiophene rings is 1. The molecule has 1 aromatic heterocycles. The highest BCUT2D eigenvalue weighted by molar-refractivity contribution is 7.17. The lowest BCUT2D eigenvalue weighted by molar-refractivity contribution is -0.899. The van der Waals surface area contributed by atoms with Crippen LogP contribution in [0.3, 0.4) is 0 Å². The van der Waals surface area contributed by atoms with Crippen molar-refractivity contribution in [3.05, 3.63) is 16.0 Å². The average molecular weight is 383 g/mol. The van der Waals surface area contributed by atoms with Crippen LogP contribution in [0.25, 0.3) is 0 Å². The first kappa shape index (κ1) is 19.3. The van der Waals surface area contributed by atoms with Gasteiger partial charge in [0.15, 0.2) is 6.54 Å². The van der Waals surface area contributed by atoms with Crippen LogP contribution in [0.4, 0.5) is 5.00 Å². The molecule has 0 saturated carbocycles. The smallest absolute Gasteiger partial charge is 0.341 e. The predicted octanol–water partition coefficient (Wildman–Crippen LogP) is 0.630. The second kappa shape index (κ2) is 8.04. The minimum atomic E-state index is -0.378. The number of quaternary nitrogens is 1. The van der Waals surface area contributed by atoms with Crippen molar-refractivity contribution in [2.75, 3.05) is 44.8 Å². The minimum absolute atomic E-state index is 0.0915. The van der Waals surface area contributed by atoms with Crippen LogP contribution in [0.1, 0.15) is 41.6 Å². The summed E-state index contributed by atoms with van der Waals surface area (Å²) < 4.78 is 16.4. The molecule has 3 heterocycles. The second-order valence-electron chi connectivity index (χ2n) is 7.24. The fourth-order valence-electron chi connectivity index (χ4n) is 3.30. The lowest BCUT2D eigenvalue weighted by Gasteiger charge is -2.30. The molecule has 0 radical (unpaired) electrons. The number of rotatable bonds is 5. The Morgan fingerprint density at radius 3 is 2.73 bits per heavy atom. The molecule has 26 heavy (non-hydrogen) atoms. The van der Waals surface area contributed by atoms with Gasteiger partial charge >= 0.3 is 5.97 Å². The van der Waals surface area contributed by atoms with E-state index in [0.29, 0.717) is 50.0 Å². The van der Waals surface area contributed by atoms with E-state index < -0.39 is 0 Å². The van der Waals surface area contributed by atoms with Crippen molar-refractivity contribution < 1.29 is 28.7 Å². The SMILES string of the molecule is CCOC(=O)c1c(NC(=O)C[NH+]2CCOCC2)sc2c1CC(C)(C)OC2. The van der Waals surface area contributed by atoms with Crippen LogP contribution in [0, 0.1) is 0 Å². The zero-order valence-corrected chi connectivity index (χ0v) is 16.4. The van der Waals surface area contributed by atoms with Gasteiger partial charge < -0.3 is 24.4 Å². The van der Waals surface area contributed by atoms with Gasteiger partial charge in [-0.1, -0.05) is 0 Å². The summed E-state index contributed by atoms with van der Waals surface area (Å²) in [7, 11) is 0. The molecular weight excluding hydrogens is 356 g/mol. The quantitative estimate of drug-likeness (QED) is 0.730. The average Bonchev–Trinajstić information content (AvgIpc) is 2.91. The standard InChI is InChI=1S/C18H26N2O5S/c1-4-24-17(22)15-12-9-18(2,3)25-11-13(12)26-16(15)19-14(21)10-20-5-7-23-8-6-20/h4-11H2,1-3H3,(H,19,21)/p+1. The number of carbonyl (C=O) groups is 2. The van der Waals surface area contributed by atoms with Crippen molar-refractivity contribution in [2.24, 2.45) is 0 Å². The number of morpholine rings is 1. The molecule has 0 aromatic carbocycles. The lowest BCUT2D eigenvalue weighted by Crippen LogP contribution is -3.15. The van der Waals surface area contributed by atoms with Crippen LogP contribution in [0.2, 0.25) is 0 Å². The summed E-state index contributed by atoms with van der Waals surface area (Å²) in [5.74, 6) is -0.469. The molecule has 1 saturated heterocycles. The molecule has 8 heteroatoms. The summed E-state index contributed by atoms with van der Waals surface area (Å²) in [4.78, 5) is 27.2. The number of hydrogen-bond acceptors (Lipinski definition) is 6. The fraction of sp³-hybridized carbons (Fsp3) is 0.667. The van der Waals surface area contributed by atoms with Gasteiger partial charge in [0.1, 0.15) is 18.1 Å². The van der Waals surface area contributed by atoms with Gasteiger partial charge in [0.05, 0.1) is 37.6 Å². The number of nitrogens with one attached hydrogen (secondary N) is 2. The molecule has 3 rings (SSSR count). The van der Waals surface area contributed by atoms with Crippen LogP contribution in [0.5, 0.6) is 0 Å². The third-order valence-corrected chi connectivity index (χ3v) is 5.75. The van der Waals surface area contributed by atoms with Gasteiger partial charge in [-0.15, -0.1) is 11.3 Å². The molecule has 2 N–H and O–H groups in total. The number of hydrogen-bond donors (Lipinski definition) is 2. The van der Waals surface area contributed by atoms with E-state index in [2.05, 4.69) is 5.32 Å². The van der Waals surface area contributed by atoms with E-state index in [1.54, 1.807) is 6.92 Å². The summed E-state index contributed by atoms with van der Waals surface area (Å²) in [6, 6.07) is 0. The summed E-state index contributed by atoms with van der Waals surface area (Å²) in [6.07, 6.45) is 0.623. The number of carbonyl (C=O) groups excluding carboxylic acids is 2. The van der Waals surface area contributed by atoms with Crippen LogP contribution < -0.4 is 10.2 Å². The van der Waals surface area contributed by atoms with E-state index in [1.807, 2.05) is 13.8 Å². The van der Waals surface area contributed by atoms with E-state index in [9.17, 15) is 9.59 Å². The van der Waals surface area contributed by atoms with E-state index in [4.69, 9.17) is 14.2 Å². The first-order chi connectivity index (χ1) is 12.4. The molecular formula is C18H27N2O5S+. The summed E-state index contributed by atoms with van der Waals surface area (Å²) in [5, 5.41) is 3.52. The first-order valence-electron chi connectivity index (χ1n) is 9.06. The Bertz CT molecular complexity index is 679. The largest absolute Gasteiger partial charge is 0.462 e. The maximum atomic E-state index is 12.6. The van der Waals surface area contributed by atoms with Gasteiger partial charge in [0, 0.05) is 11.3 Å².